The molecule has 0 spiro atoms. The molecule has 0 aliphatic rings. The number of hydrogen-bond donors (Lipinski definition) is 2. The van der Waals surface area contributed by atoms with E-state index in [0.29, 0.717) is 5.69 Å². The number of benzene rings is 2. The standard InChI is InChI=1S/C20H17F3N4O2/c1-13(27-11-5-10-24-27)18(28)25-14-6-4-7-15(12-14)26-19(29)16-8-2-3-9-17(16)20(21,22)23/h2-13H,1H3,(H,25,28)(H,26,29). The number of alkyl halides is 3. The summed E-state index contributed by atoms with van der Waals surface area (Å²) >= 11 is 0. The molecular formula is C20H17F3N4O2. The molecule has 0 saturated carbocycles. The van der Waals surface area contributed by atoms with Gasteiger partial charge in [0.15, 0.2) is 0 Å². The lowest BCUT2D eigenvalue weighted by Gasteiger charge is -2.14. The molecule has 29 heavy (non-hydrogen) atoms. The van der Waals surface area contributed by atoms with E-state index in [1.807, 2.05) is 0 Å². The molecule has 3 aromatic rings. The second kappa shape index (κ2) is 8.17. The second-order valence-electron chi connectivity index (χ2n) is 6.23. The lowest BCUT2D eigenvalue weighted by molar-refractivity contribution is -0.137. The number of amides is 2. The fourth-order valence-electron chi connectivity index (χ4n) is 2.68. The molecule has 0 fully saturated rings. The summed E-state index contributed by atoms with van der Waals surface area (Å²) in [5.74, 6) is -1.23. The van der Waals surface area contributed by atoms with Gasteiger partial charge in [0.1, 0.15) is 6.04 Å². The first-order valence-electron chi connectivity index (χ1n) is 8.63. The highest BCUT2D eigenvalue weighted by atomic mass is 19.4. The molecule has 0 saturated heterocycles. The molecule has 6 nitrogen and oxygen atoms in total. The van der Waals surface area contributed by atoms with Crippen molar-refractivity contribution in [1.29, 1.82) is 0 Å². The Morgan fingerprint density at radius 1 is 1.00 bits per heavy atom. The Morgan fingerprint density at radius 3 is 2.34 bits per heavy atom. The highest BCUT2D eigenvalue weighted by molar-refractivity contribution is 6.06. The maximum Gasteiger partial charge on any atom is 0.417 e. The maximum atomic E-state index is 13.1. The van der Waals surface area contributed by atoms with Gasteiger partial charge in [0.25, 0.3) is 5.91 Å². The Hall–Kier alpha value is -3.62. The fourth-order valence-corrected chi connectivity index (χ4v) is 2.68. The van der Waals surface area contributed by atoms with Crippen LogP contribution in [-0.2, 0) is 11.0 Å². The number of aromatic nitrogens is 2. The maximum absolute atomic E-state index is 13.1. The van der Waals surface area contributed by atoms with E-state index in [2.05, 4.69) is 15.7 Å². The van der Waals surface area contributed by atoms with Crippen molar-refractivity contribution in [2.45, 2.75) is 19.1 Å². The Labute approximate surface area is 164 Å². The van der Waals surface area contributed by atoms with Gasteiger partial charge in [-0.15, -0.1) is 0 Å². The molecule has 150 valence electrons. The molecule has 2 N–H and O–H groups in total. The largest absolute Gasteiger partial charge is 0.417 e. The molecule has 0 aliphatic carbocycles. The number of rotatable bonds is 5. The Morgan fingerprint density at radius 2 is 1.69 bits per heavy atom. The van der Waals surface area contributed by atoms with E-state index in [-0.39, 0.29) is 11.6 Å². The summed E-state index contributed by atoms with van der Waals surface area (Å²) in [6.45, 7) is 1.67. The Kier molecular flexibility index (Phi) is 5.67. The van der Waals surface area contributed by atoms with E-state index < -0.39 is 29.3 Å². The molecule has 1 atom stereocenters. The van der Waals surface area contributed by atoms with Gasteiger partial charge < -0.3 is 10.6 Å². The molecule has 0 aliphatic heterocycles. The van der Waals surface area contributed by atoms with Crippen molar-refractivity contribution in [1.82, 2.24) is 9.78 Å². The zero-order valence-electron chi connectivity index (χ0n) is 15.3. The third kappa shape index (κ3) is 4.81. The van der Waals surface area contributed by atoms with Crippen molar-refractivity contribution >= 4 is 23.2 Å². The molecule has 3 rings (SSSR count). The molecular weight excluding hydrogens is 385 g/mol. The molecule has 2 amide bonds. The predicted octanol–water partition coefficient (Wildman–Crippen LogP) is 4.35. The summed E-state index contributed by atoms with van der Waals surface area (Å²) in [7, 11) is 0. The van der Waals surface area contributed by atoms with Gasteiger partial charge >= 0.3 is 6.18 Å². The highest BCUT2D eigenvalue weighted by Gasteiger charge is 2.34. The molecule has 0 bridgehead atoms. The van der Waals surface area contributed by atoms with Gasteiger partial charge in [-0.1, -0.05) is 18.2 Å². The zero-order chi connectivity index (χ0) is 21.0. The normalized spacial score (nSPS) is 12.3. The monoisotopic (exact) mass is 402 g/mol. The molecule has 1 unspecified atom stereocenters. The molecule has 0 radical (unpaired) electrons. The van der Waals surface area contributed by atoms with Crippen LogP contribution in [0.5, 0.6) is 0 Å². The summed E-state index contributed by atoms with van der Waals surface area (Å²) in [4.78, 5) is 24.7. The van der Waals surface area contributed by atoms with Crippen molar-refractivity contribution in [3.05, 3.63) is 78.1 Å². The summed E-state index contributed by atoms with van der Waals surface area (Å²) in [6, 6.07) is 11.8. The van der Waals surface area contributed by atoms with Crippen LogP contribution in [0.3, 0.4) is 0 Å². The number of anilines is 2. The average molecular weight is 402 g/mol. The van der Waals surface area contributed by atoms with Crippen LogP contribution in [0.1, 0.15) is 28.9 Å². The molecule has 1 aromatic heterocycles. The first kappa shape index (κ1) is 20.1. The first-order valence-corrected chi connectivity index (χ1v) is 8.63. The minimum absolute atomic E-state index is 0.247. The van der Waals surface area contributed by atoms with E-state index >= 15 is 0 Å². The number of halogens is 3. The second-order valence-corrected chi connectivity index (χ2v) is 6.23. The number of carbonyl (C=O) groups excluding carboxylic acids is 2. The number of carbonyl (C=O) groups is 2. The number of hydrogen-bond acceptors (Lipinski definition) is 3. The van der Waals surface area contributed by atoms with E-state index in [0.717, 1.165) is 12.1 Å². The van der Waals surface area contributed by atoms with E-state index in [9.17, 15) is 22.8 Å². The van der Waals surface area contributed by atoms with Crippen molar-refractivity contribution in [3.63, 3.8) is 0 Å². The van der Waals surface area contributed by atoms with Gasteiger partial charge in [0.2, 0.25) is 5.91 Å². The van der Waals surface area contributed by atoms with Crippen LogP contribution in [0.2, 0.25) is 0 Å². The third-order valence-corrected chi connectivity index (χ3v) is 4.17. The number of nitrogens with zero attached hydrogens (tertiary/aromatic N) is 2. The van der Waals surface area contributed by atoms with Gasteiger partial charge in [-0.05, 0) is 43.3 Å². The van der Waals surface area contributed by atoms with Crippen molar-refractivity contribution in [2.75, 3.05) is 10.6 Å². The lowest BCUT2D eigenvalue weighted by Crippen LogP contribution is -2.24. The minimum Gasteiger partial charge on any atom is -0.324 e. The summed E-state index contributed by atoms with van der Waals surface area (Å²) in [5, 5.41) is 9.13. The van der Waals surface area contributed by atoms with Crippen LogP contribution < -0.4 is 10.6 Å². The number of nitrogens with one attached hydrogen (secondary N) is 2. The van der Waals surface area contributed by atoms with Gasteiger partial charge in [-0.25, -0.2) is 0 Å². The van der Waals surface area contributed by atoms with Gasteiger partial charge in [0.05, 0.1) is 11.1 Å². The average Bonchev–Trinajstić information content (AvgIpc) is 3.21. The van der Waals surface area contributed by atoms with Gasteiger partial charge in [-0.3, -0.25) is 14.3 Å². The lowest BCUT2D eigenvalue weighted by atomic mass is 10.1. The molecule has 1 heterocycles. The Bertz CT molecular complexity index is 1020. The Balaban J connectivity index is 1.74. The summed E-state index contributed by atoms with van der Waals surface area (Å²) < 4.78 is 40.8. The van der Waals surface area contributed by atoms with Crippen LogP contribution >= 0.6 is 0 Å². The summed E-state index contributed by atoms with van der Waals surface area (Å²) in [5.41, 5.74) is -0.871. The fraction of sp³-hybridized carbons (Fsp3) is 0.150. The predicted molar refractivity (Wildman–Crippen MR) is 101 cm³/mol. The van der Waals surface area contributed by atoms with E-state index in [1.165, 1.54) is 28.9 Å². The van der Waals surface area contributed by atoms with Gasteiger partial charge in [0, 0.05) is 23.8 Å². The molecule has 9 heteroatoms. The smallest absolute Gasteiger partial charge is 0.324 e. The summed E-state index contributed by atoms with van der Waals surface area (Å²) in [6.07, 6.45) is -1.44. The minimum atomic E-state index is -4.65. The van der Waals surface area contributed by atoms with Crippen LogP contribution in [-0.4, -0.2) is 21.6 Å². The van der Waals surface area contributed by atoms with Gasteiger partial charge in [-0.2, -0.15) is 18.3 Å². The van der Waals surface area contributed by atoms with E-state index in [1.54, 1.807) is 37.5 Å². The van der Waals surface area contributed by atoms with Crippen molar-refractivity contribution in [2.24, 2.45) is 0 Å². The SMILES string of the molecule is CC(C(=O)Nc1cccc(NC(=O)c2ccccc2C(F)(F)F)c1)n1cccn1. The van der Waals surface area contributed by atoms with Crippen LogP contribution in [0, 0.1) is 0 Å². The topological polar surface area (TPSA) is 76.0 Å². The van der Waals surface area contributed by atoms with Crippen LogP contribution in [0.15, 0.2) is 67.0 Å². The first-order chi connectivity index (χ1) is 13.8. The van der Waals surface area contributed by atoms with Crippen molar-refractivity contribution in [3.8, 4) is 0 Å². The van der Waals surface area contributed by atoms with Crippen molar-refractivity contribution < 1.29 is 22.8 Å². The third-order valence-electron chi connectivity index (χ3n) is 4.17. The van der Waals surface area contributed by atoms with Crippen LogP contribution in [0.25, 0.3) is 0 Å². The van der Waals surface area contributed by atoms with E-state index in [4.69, 9.17) is 0 Å². The quantitative estimate of drug-likeness (QED) is 0.666. The highest BCUT2D eigenvalue weighted by Crippen LogP contribution is 2.32. The molecule has 2 aromatic carbocycles. The van der Waals surface area contributed by atoms with Crippen LogP contribution in [0.4, 0.5) is 24.5 Å². The zero-order valence-corrected chi connectivity index (χ0v) is 15.3.